The third kappa shape index (κ3) is 47.9. The normalized spacial score (nSPS) is 11.1. The molecule has 0 saturated carbocycles. The molecular weight excluding hydrogens is 1100 g/mol. The minimum Gasteiger partial charge on any atom is -0.445 e. The van der Waals surface area contributed by atoms with E-state index in [4.69, 9.17) is 53.2 Å². The lowest BCUT2D eigenvalue weighted by Gasteiger charge is -2.35. The average Bonchev–Trinajstić information content (AvgIpc) is 3.56. The van der Waals surface area contributed by atoms with Crippen molar-refractivity contribution < 1.29 is 85.8 Å². The molecule has 474 valence electrons. The topological polar surface area (TPSA) is 394 Å². The molecule has 0 aliphatic rings. The summed E-state index contributed by atoms with van der Waals surface area (Å²) in [6, 6.07) is 0. The van der Waals surface area contributed by atoms with Gasteiger partial charge >= 0.3 is 36.6 Å². The zero-order valence-electron chi connectivity index (χ0n) is 49.1. The quantitative estimate of drug-likeness (QED) is 0.0115. The van der Waals surface area contributed by atoms with Crippen LogP contribution in [0.15, 0.2) is 15.0 Å². The molecule has 0 spiro atoms. The van der Waals surface area contributed by atoms with Crippen molar-refractivity contribution in [1.82, 2.24) is 31.9 Å². The van der Waals surface area contributed by atoms with Gasteiger partial charge in [-0.1, -0.05) is 77.6 Å². The van der Waals surface area contributed by atoms with Crippen LogP contribution in [-0.4, -0.2) is 178 Å². The Hall–Kier alpha value is -7.70. The molecule has 0 aromatic rings. The zero-order valence-corrected chi connectivity index (χ0v) is 49.1. The Morgan fingerprint density at radius 2 is 0.619 bits per heavy atom. The van der Waals surface area contributed by atoms with Gasteiger partial charge in [0.2, 0.25) is 29.4 Å². The van der Waals surface area contributed by atoms with Crippen LogP contribution >= 0.6 is 0 Å². The first-order valence-corrected chi connectivity index (χ1v) is 29.2. The fraction of sp³-hybridized carbons (Fsp3) is 0.800. The van der Waals surface area contributed by atoms with Crippen molar-refractivity contribution in [1.29, 1.82) is 10.5 Å². The van der Waals surface area contributed by atoms with E-state index < -0.39 is 87.4 Å². The van der Waals surface area contributed by atoms with Gasteiger partial charge in [-0.3, -0.25) is 0 Å². The van der Waals surface area contributed by atoms with Gasteiger partial charge in [-0.05, 0) is 83.5 Å². The molecule has 29 heteroatoms. The fourth-order valence-corrected chi connectivity index (χ4v) is 7.54. The highest BCUT2D eigenvalue weighted by Gasteiger charge is 2.43. The molecule has 0 radical (unpaired) electrons. The van der Waals surface area contributed by atoms with E-state index in [2.05, 4.69) is 46.9 Å². The van der Waals surface area contributed by atoms with Crippen molar-refractivity contribution >= 4 is 54.8 Å². The van der Waals surface area contributed by atoms with Crippen molar-refractivity contribution in [3.05, 3.63) is 0 Å². The molecule has 0 atom stereocenters. The Balaban J connectivity index is 7.08. The molecule has 84 heavy (non-hydrogen) atoms. The number of unbranched alkanes of at least 4 members (excludes halogenated alkanes) is 18. The number of carbonyl (C=O) groups is 6. The summed E-state index contributed by atoms with van der Waals surface area (Å²) in [7, 11) is 0. The van der Waals surface area contributed by atoms with Crippen LogP contribution in [-0.2, 0) is 57.0 Å². The van der Waals surface area contributed by atoms with E-state index in [1.165, 1.54) is 18.2 Å². The molecule has 0 aliphatic carbocycles. The highest BCUT2D eigenvalue weighted by Crippen LogP contribution is 2.21. The molecule has 0 rings (SSSR count). The van der Waals surface area contributed by atoms with Gasteiger partial charge in [0.1, 0.15) is 39.6 Å². The Morgan fingerprint density at radius 3 is 0.893 bits per heavy atom. The number of hydrogen-bond acceptors (Lipinski definition) is 23. The van der Waals surface area contributed by atoms with Crippen LogP contribution in [0.1, 0.15) is 161 Å². The predicted molar refractivity (Wildman–Crippen MR) is 301 cm³/mol. The van der Waals surface area contributed by atoms with E-state index in [9.17, 15) is 43.2 Å². The highest BCUT2D eigenvalue weighted by molar-refractivity contribution is 5.70. The maximum atomic E-state index is 13.7. The molecule has 0 bridgehead atoms. The van der Waals surface area contributed by atoms with Crippen LogP contribution in [0.3, 0.4) is 0 Å². The second-order valence-electron chi connectivity index (χ2n) is 19.4. The number of nitrogens with one attached hydrogen (secondary N) is 6. The second-order valence-corrected chi connectivity index (χ2v) is 19.4. The lowest BCUT2D eigenvalue weighted by atomic mass is 10.1. The van der Waals surface area contributed by atoms with E-state index in [0.717, 1.165) is 44.9 Å². The lowest BCUT2D eigenvalue weighted by Crippen LogP contribution is -2.55. The summed E-state index contributed by atoms with van der Waals surface area (Å²) in [6.07, 6.45) is 17.9. The molecule has 0 aliphatic heterocycles. The summed E-state index contributed by atoms with van der Waals surface area (Å²) in [5, 5.41) is 33.0. The number of hydrogen-bond donors (Lipinski definition) is 6. The Kier molecular flexibility index (Phi) is 50.7. The first kappa shape index (κ1) is 76.3. The molecule has 0 unspecified atom stereocenters. The third-order valence-corrected chi connectivity index (χ3v) is 12.1. The number of aliphatic imine (C=N–C) groups is 3. The molecule has 0 saturated heterocycles. The van der Waals surface area contributed by atoms with Crippen LogP contribution in [0, 0.1) is 23.0 Å². The number of rotatable bonds is 54. The van der Waals surface area contributed by atoms with Crippen LogP contribution in [0.4, 0.5) is 28.8 Å². The monoisotopic (exact) mass is 1190 g/mol. The summed E-state index contributed by atoms with van der Waals surface area (Å²) < 4.78 is 50.1. The number of nitriles is 2. The van der Waals surface area contributed by atoms with Crippen molar-refractivity contribution in [2.45, 2.75) is 172 Å². The molecular formula is C55H91N11O18. The minimum absolute atomic E-state index is 0.107. The first-order valence-electron chi connectivity index (χ1n) is 29.2. The molecule has 6 amide bonds. The van der Waals surface area contributed by atoms with Gasteiger partial charge in [0.25, 0.3) is 12.5 Å². The Labute approximate surface area is 493 Å². The minimum atomic E-state index is -2.16. The van der Waals surface area contributed by atoms with E-state index in [-0.39, 0.29) is 52.5 Å². The van der Waals surface area contributed by atoms with Crippen molar-refractivity contribution in [2.24, 2.45) is 15.0 Å². The number of nitrogens with zero attached hydrogens (tertiary/aromatic N) is 5. The van der Waals surface area contributed by atoms with Crippen LogP contribution in [0.2, 0.25) is 0 Å². The zero-order chi connectivity index (χ0) is 61.7. The molecule has 0 aromatic heterocycles. The number of alkyl carbamates (subject to hydrolysis) is 6. The van der Waals surface area contributed by atoms with Gasteiger partial charge in [-0.25, -0.2) is 58.1 Å². The summed E-state index contributed by atoms with van der Waals surface area (Å²) in [5.41, 5.74) is -4.29. The second kappa shape index (κ2) is 55.8. The van der Waals surface area contributed by atoms with Gasteiger partial charge in [0, 0.05) is 39.3 Å². The standard InChI is InChI=1S/C55H91N11O18/c1-2-3-4-18-33-65-52(74)83-54(39-81-50(72)63-31-22-11-13-24-35-76-43-56,40-82-51(73)64-32-23-12-14-25-36-77-44-57)37-78-38-55(84-53(75)66-34-21-10-7-17-28-60-47-69,41-79-48(70)61-29-19-8-5-15-26-58-45-67)42-80-49(71)62-30-20-9-6-16-27-59-46-68/h2-42H2,1H3,(H,61,70)(H,62,71)(H,63,72)(H,64,73)(H,65,74)(H,66,75). The van der Waals surface area contributed by atoms with Crippen LogP contribution in [0.5, 0.6) is 0 Å². The summed E-state index contributed by atoms with van der Waals surface area (Å²) in [4.78, 5) is 122. The molecule has 0 aromatic carbocycles. The largest absolute Gasteiger partial charge is 0.445 e. The van der Waals surface area contributed by atoms with Gasteiger partial charge in [0.05, 0.1) is 32.8 Å². The molecule has 29 nitrogen and oxygen atoms in total. The van der Waals surface area contributed by atoms with Gasteiger partial charge in [-0.2, -0.15) is 10.5 Å². The van der Waals surface area contributed by atoms with Gasteiger partial charge < -0.3 is 74.5 Å². The fourth-order valence-electron chi connectivity index (χ4n) is 7.54. The van der Waals surface area contributed by atoms with Crippen molar-refractivity contribution in [2.75, 3.05) is 112 Å². The predicted octanol–water partition coefficient (Wildman–Crippen LogP) is 7.22. The number of carbonyl (C=O) groups excluding carboxylic acids is 9. The maximum Gasteiger partial charge on any atom is 0.408 e. The Bertz CT molecular complexity index is 1930. The maximum absolute atomic E-state index is 13.7. The highest BCUT2D eigenvalue weighted by atomic mass is 16.7. The average molecular weight is 1190 g/mol. The van der Waals surface area contributed by atoms with E-state index in [1.807, 2.05) is 6.92 Å². The van der Waals surface area contributed by atoms with Gasteiger partial charge in [0.15, 0.2) is 0 Å². The van der Waals surface area contributed by atoms with Crippen LogP contribution < -0.4 is 31.9 Å². The number of ether oxygens (including phenoxy) is 9. The first-order chi connectivity index (χ1) is 40.9. The van der Waals surface area contributed by atoms with Crippen molar-refractivity contribution in [3.8, 4) is 12.5 Å². The van der Waals surface area contributed by atoms with E-state index in [0.29, 0.717) is 129 Å². The van der Waals surface area contributed by atoms with E-state index >= 15 is 0 Å². The summed E-state index contributed by atoms with van der Waals surface area (Å²) in [5.74, 6) is 0. The molecule has 0 fully saturated rings. The summed E-state index contributed by atoms with van der Waals surface area (Å²) in [6.45, 7) is -0.100. The molecule has 6 N–H and O–H groups in total. The number of amides is 6. The van der Waals surface area contributed by atoms with Gasteiger partial charge in [-0.15, -0.1) is 0 Å². The van der Waals surface area contributed by atoms with Crippen LogP contribution in [0.25, 0.3) is 0 Å². The smallest absolute Gasteiger partial charge is 0.408 e. The van der Waals surface area contributed by atoms with Crippen molar-refractivity contribution in [3.63, 3.8) is 0 Å². The summed E-state index contributed by atoms with van der Waals surface area (Å²) >= 11 is 0. The molecule has 0 heterocycles. The Morgan fingerprint density at radius 1 is 0.357 bits per heavy atom. The number of isocyanates is 3. The third-order valence-electron chi connectivity index (χ3n) is 12.1. The van der Waals surface area contributed by atoms with E-state index in [1.54, 1.807) is 12.5 Å². The lowest BCUT2D eigenvalue weighted by molar-refractivity contribution is -0.150. The SMILES string of the molecule is CCCCCCNC(=O)OC(COCC(COC(=O)NCCCCCCN=C=O)(COC(=O)NCCCCCCN=C=O)OC(=O)NCCCCCCN=C=O)(COC(=O)NCCCCCCOC#N)COC(=O)NCCCCCCOC#N.